The van der Waals surface area contributed by atoms with E-state index < -0.39 is 41.3 Å². The van der Waals surface area contributed by atoms with Crippen molar-refractivity contribution in [2.24, 2.45) is 0 Å². The van der Waals surface area contributed by atoms with Crippen LogP contribution in [0.3, 0.4) is 0 Å². The van der Waals surface area contributed by atoms with Crippen molar-refractivity contribution in [1.82, 2.24) is 10.6 Å². The van der Waals surface area contributed by atoms with Gasteiger partial charge < -0.3 is 25.0 Å². The number of alkyl halides is 2. The summed E-state index contributed by atoms with van der Waals surface area (Å²) >= 11 is 12.0. The fourth-order valence-corrected chi connectivity index (χ4v) is 6.03. The van der Waals surface area contributed by atoms with Gasteiger partial charge in [0, 0.05) is 43.4 Å². The molecule has 1 aliphatic rings. The van der Waals surface area contributed by atoms with Crippen LogP contribution in [-0.4, -0.2) is 66.1 Å². The summed E-state index contributed by atoms with van der Waals surface area (Å²) in [6, 6.07) is 14.0. The number of nitrogens with one attached hydrogen (secondary N) is 2. The van der Waals surface area contributed by atoms with Gasteiger partial charge in [0.1, 0.15) is 23.3 Å². The largest absolute Gasteiger partial charge is 0.458 e. The van der Waals surface area contributed by atoms with E-state index in [0.717, 1.165) is 29.7 Å². The Kier molecular flexibility index (Phi) is 14.1. The van der Waals surface area contributed by atoms with Crippen LogP contribution in [0.15, 0.2) is 48.5 Å². The number of rotatable bonds is 14. The van der Waals surface area contributed by atoms with Crippen molar-refractivity contribution in [3.8, 4) is 0 Å². The first-order chi connectivity index (χ1) is 21.7. The number of nitrogens with zero attached hydrogens (tertiary/aromatic N) is 1. The molecule has 8 nitrogen and oxygen atoms in total. The van der Waals surface area contributed by atoms with Crippen LogP contribution in [0.5, 0.6) is 0 Å². The summed E-state index contributed by atoms with van der Waals surface area (Å²) in [6.07, 6.45) is 4.47. The Balaban J connectivity index is 1.86. The Bertz CT molecular complexity index is 1280. The molecule has 3 rings (SSSR count). The summed E-state index contributed by atoms with van der Waals surface area (Å²) < 4.78 is 11.2. The fourth-order valence-electron chi connectivity index (χ4n) is 5.62. The molecule has 0 unspecified atom stereocenters. The highest BCUT2D eigenvalue weighted by Gasteiger charge is 2.32. The molecule has 0 spiro atoms. The number of benzene rings is 2. The smallest absolute Gasteiger partial charge is 0.408 e. The van der Waals surface area contributed by atoms with Gasteiger partial charge in [-0.3, -0.25) is 4.79 Å². The highest BCUT2D eigenvalue weighted by Crippen LogP contribution is 2.34. The van der Waals surface area contributed by atoms with E-state index >= 15 is 0 Å². The third-order valence-electron chi connectivity index (χ3n) is 7.68. The fraction of sp³-hybridized carbons (Fsp3) is 0.583. The molecule has 0 aromatic heterocycles. The molecule has 0 bridgehead atoms. The predicted molar refractivity (Wildman–Crippen MR) is 186 cm³/mol. The van der Waals surface area contributed by atoms with Gasteiger partial charge >= 0.3 is 12.1 Å². The normalized spacial score (nSPS) is 15.1. The van der Waals surface area contributed by atoms with Crippen LogP contribution in [0, 0.1) is 0 Å². The summed E-state index contributed by atoms with van der Waals surface area (Å²) in [4.78, 5) is 42.3. The van der Waals surface area contributed by atoms with Gasteiger partial charge in [0.25, 0.3) is 0 Å². The lowest BCUT2D eigenvalue weighted by Crippen LogP contribution is -2.54. The van der Waals surface area contributed by atoms with Gasteiger partial charge in [-0.1, -0.05) is 49.2 Å². The van der Waals surface area contributed by atoms with Crippen molar-refractivity contribution < 1.29 is 23.9 Å². The zero-order valence-electron chi connectivity index (χ0n) is 28.2. The number of alkyl carbamates (subject to hydrolysis) is 1. The van der Waals surface area contributed by atoms with Gasteiger partial charge in [0.15, 0.2) is 0 Å². The van der Waals surface area contributed by atoms with Gasteiger partial charge in [-0.15, -0.1) is 23.2 Å². The van der Waals surface area contributed by atoms with Crippen molar-refractivity contribution in [2.45, 2.75) is 109 Å². The average molecular weight is 677 g/mol. The minimum absolute atomic E-state index is 0.175. The molecule has 2 aromatic rings. The van der Waals surface area contributed by atoms with Crippen molar-refractivity contribution in [2.75, 3.05) is 29.7 Å². The number of anilines is 1. The van der Waals surface area contributed by atoms with E-state index in [1.807, 2.05) is 36.4 Å². The maximum Gasteiger partial charge on any atom is 0.408 e. The molecule has 1 aliphatic carbocycles. The van der Waals surface area contributed by atoms with Crippen LogP contribution in [0.1, 0.15) is 89.8 Å². The molecule has 1 saturated carbocycles. The summed E-state index contributed by atoms with van der Waals surface area (Å²) in [6.45, 7) is 11.9. The first kappa shape index (κ1) is 37.5. The molecule has 46 heavy (non-hydrogen) atoms. The molecule has 254 valence electrons. The van der Waals surface area contributed by atoms with Crippen LogP contribution in [0.25, 0.3) is 0 Å². The Morgan fingerprint density at radius 3 is 1.96 bits per heavy atom. The summed E-state index contributed by atoms with van der Waals surface area (Å²) in [7, 11) is 0. The van der Waals surface area contributed by atoms with Gasteiger partial charge in [-0.05, 0) is 89.1 Å². The van der Waals surface area contributed by atoms with Crippen molar-refractivity contribution in [3.05, 3.63) is 65.2 Å². The van der Waals surface area contributed by atoms with Crippen molar-refractivity contribution >= 4 is 46.9 Å². The zero-order chi connectivity index (χ0) is 33.9. The third kappa shape index (κ3) is 12.7. The number of carbonyl (C=O) groups is 3. The lowest BCUT2D eigenvalue weighted by atomic mass is 9.94. The molecule has 10 heteroatoms. The van der Waals surface area contributed by atoms with E-state index in [1.54, 1.807) is 41.5 Å². The monoisotopic (exact) mass is 675 g/mol. The highest BCUT2D eigenvalue weighted by molar-refractivity contribution is 6.18. The molecular weight excluding hydrogens is 625 g/mol. The molecule has 2 atom stereocenters. The molecular formula is C36H51Cl2N3O5. The second-order valence-electron chi connectivity index (χ2n) is 14.0. The number of halogens is 2. The molecule has 0 aliphatic heterocycles. The topological polar surface area (TPSA) is 97.0 Å². The first-order valence-corrected chi connectivity index (χ1v) is 17.3. The number of hydrogen-bond donors (Lipinski definition) is 2. The van der Waals surface area contributed by atoms with Gasteiger partial charge in [-0.2, -0.15) is 0 Å². The number of hydrogen-bond acceptors (Lipinski definition) is 6. The van der Waals surface area contributed by atoms with Gasteiger partial charge in [-0.25, -0.2) is 9.59 Å². The quantitative estimate of drug-likeness (QED) is 0.163. The molecule has 2 aromatic carbocycles. The lowest BCUT2D eigenvalue weighted by Gasteiger charge is -2.27. The maximum absolute atomic E-state index is 13.9. The van der Waals surface area contributed by atoms with E-state index in [2.05, 4.69) is 27.7 Å². The van der Waals surface area contributed by atoms with E-state index in [9.17, 15) is 14.4 Å². The van der Waals surface area contributed by atoms with Gasteiger partial charge in [0.2, 0.25) is 5.91 Å². The third-order valence-corrected chi connectivity index (χ3v) is 8.02. The van der Waals surface area contributed by atoms with E-state index in [-0.39, 0.29) is 12.8 Å². The van der Waals surface area contributed by atoms with E-state index in [1.165, 1.54) is 18.4 Å². The van der Waals surface area contributed by atoms with Crippen LogP contribution in [-0.2, 0) is 31.9 Å². The summed E-state index contributed by atoms with van der Waals surface area (Å²) in [5.41, 5.74) is 2.46. The Morgan fingerprint density at radius 2 is 1.39 bits per heavy atom. The number of ether oxygens (including phenoxy) is 2. The van der Waals surface area contributed by atoms with Crippen LogP contribution >= 0.6 is 23.2 Å². The molecule has 1 fully saturated rings. The zero-order valence-corrected chi connectivity index (χ0v) is 29.7. The first-order valence-electron chi connectivity index (χ1n) is 16.2. The molecule has 0 heterocycles. The molecule has 0 saturated heterocycles. The van der Waals surface area contributed by atoms with E-state index in [4.69, 9.17) is 32.7 Å². The standard InChI is InChI=1S/C36H51Cl2N3O5/c1-35(2,3)45-33(43)31(24-26-10-9-13-28(22-26)27-11-7-8-12-27)39-32(42)30(40-34(44)46-36(4,5)6)23-25-14-16-29(17-15-25)41(20-18-37)21-19-38/h9-10,13-17,22,27,30-31H,7-8,11-12,18-21,23-24H2,1-6H3,(H,39,42)(H,40,44)/t30-,31-/m0/s1. The number of esters is 1. The summed E-state index contributed by atoms with van der Waals surface area (Å²) in [5.74, 6) is 0.393. The number of amides is 2. The van der Waals surface area contributed by atoms with Gasteiger partial charge in [0.05, 0.1) is 0 Å². The minimum Gasteiger partial charge on any atom is -0.458 e. The second kappa shape index (κ2) is 17.3. The minimum atomic E-state index is -1.02. The van der Waals surface area contributed by atoms with Crippen LogP contribution in [0.4, 0.5) is 10.5 Å². The average Bonchev–Trinajstić information content (AvgIpc) is 3.50. The molecule has 0 radical (unpaired) electrons. The Morgan fingerprint density at radius 1 is 0.804 bits per heavy atom. The Hall–Kier alpha value is -2.97. The molecule has 2 N–H and O–H groups in total. The molecule has 2 amide bonds. The Labute approximate surface area is 284 Å². The maximum atomic E-state index is 13.9. The predicted octanol–water partition coefficient (Wildman–Crippen LogP) is 7.13. The summed E-state index contributed by atoms with van der Waals surface area (Å²) in [5, 5.41) is 5.64. The van der Waals surface area contributed by atoms with Crippen LogP contribution in [0.2, 0.25) is 0 Å². The van der Waals surface area contributed by atoms with Crippen molar-refractivity contribution in [3.63, 3.8) is 0 Å². The highest BCUT2D eigenvalue weighted by atomic mass is 35.5. The second-order valence-corrected chi connectivity index (χ2v) is 14.7. The van der Waals surface area contributed by atoms with Crippen molar-refractivity contribution in [1.29, 1.82) is 0 Å². The SMILES string of the molecule is CC(C)(C)OC(=O)N[C@@H](Cc1ccc(N(CCCl)CCCl)cc1)C(=O)N[C@@H](Cc1cccc(C2CCCC2)c1)C(=O)OC(C)(C)C. The van der Waals surface area contributed by atoms with Crippen LogP contribution < -0.4 is 15.5 Å². The number of carbonyl (C=O) groups excluding carboxylic acids is 3. The van der Waals surface area contributed by atoms with E-state index in [0.29, 0.717) is 30.8 Å². The lowest BCUT2D eigenvalue weighted by molar-refractivity contribution is -0.158.